The van der Waals surface area contributed by atoms with Gasteiger partial charge in [-0.05, 0) is 54.8 Å². The van der Waals surface area contributed by atoms with Crippen LogP contribution in [-0.2, 0) is 13.5 Å². The molecule has 4 heteroatoms. The first-order chi connectivity index (χ1) is 11.6. The average molecular weight is 322 g/mol. The number of aryl methyl sites for hydroxylation is 1. The Kier molecular flexibility index (Phi) is 3.41. The number of carbonyl (C=O) groups is 1. The minimum absolute atomic E-state index is 0.00853. The molecule has 0 radical (unpaired) electrons. The zero-order chi connectivity index (χ0) is 16.8. The molecule has 0 fully saturated rings. The number of fused-ring (bicyclic) bond motifs is 2. The molecule has 0 saturated carbocycles. The molecule has 0 bridgehead atoms. The quantitative estimate of drug-likeness (QED) is 0.663. The number of hydrogen-bond donors (Lipinski definition) is 0. The standard InChI is InChI=1S/C20H19FN2O/c1-13-18-12-15(21)7-6-14(18)8-11-23(13)20(24)17-4-3-5-19-16(17)9-10-22(19)2/h3-7,9-10,12-13H,8,11H2,1-2H3. The highest BCUT2D eigenvalue weighted by molar-refractivity contribution is 6.06. The maximum atomic E-state index is 13.6. The van der Waals surface area contributed by atoms with Gasteiger partial charge in [0.1, 0.15) is 5.82 Å². The SMILES string of the molecule is CC1c2cc(F)ccc2CCN1C(=O)c1cccc2c1ccn2C. The van der Waals surface area contributed by atoms with Gasteiger partial charge in [0.05, 0.1) is 6.04 Å². The van der Waals surface area contributed by atoms with E-state index in [9.17, 15) is 9.18 Å². The Bertz CT molecular complexity index is 944. The fraction of sp³-hybridized carbons (Fsp3) is 0.250. The van der Waals surface area contributed by atoms with Gasteiger partial charge in [-0.25, -0.2) is 4.39 Å². The first-order valence-corrected chi connectivity index (χ1v) is 8.19. The van der Waals surface area contributed by atoms with Crippen molar-refractivity contribution in [1.29, 1.82) is 0 Å². The van der Waals surface area contributed by atoms with Crippen molar-refractivity contribution < 1.29 is 9.18 Å². The first-order valence-electron chi connectivity index (χ1n) is 8.19. The molecular weight excluding hydrogens is 303 g/mol. The fourth-order valence-electron chi connectivity index (χ4n) is 3.71. The number of amides is 1. The number of rotatable bonds is 1. The highest BCUT2D eigenvalue weighted by Crippen LogP contribution is 2.32. The van der Waals surface area contributed by atoms with E-state index in [-0.39, 0.29) is 17.8 Å². The van der Waals surface area contributed by atoms with Crippen LogP contribution in [0.25, 0.3) is 10.9 Å². The summed E-state index contributed by atoms with van der Waals surface area (Å²) in [4.78, 5) is 15.0. The molecule has 0 spiro atoms. The van der Waals surface area contributed by atoms with Crippen LogP contribution in [0.5, 0.6) is 0 Å². The molecule has 1 aliphatic heterocycles. The van der Waals surface area contributed by atoms with Crippen LogP contribution in [0.1, 0.15) is 34.5 Å². The molecule has 2 aromatic carbocycles. The summed E-state index contributed by atoms with van der Waals surface area (Å²) in [6.45, 7) is 2.63. The van der Waals surface area contributed by atoms with Gasteiger partial charge in [0.25, 0.3) is 5.91 Å². The van der Waals surface area contributed by atoms with Gasteiger partial charge in [0.2, 0.25) is 0 Å². The zero-order valence-electron chi connectivity index (χ0n) is 13.8. The third-order valence-corrected chi connectivity index (χ3v) is 5.07. The van der Waals surface area contributed by atoms with Gasteiger partial charge >= 0.3 is 0 Å². The van der Waals surface area contributed by atoms with Crippen molar-refractivity contribution in [2.45, 2.75) is 19.4 Å². The number of hydrogen-bond acceptors (Lipinski definition) is 1. The van der Waals surface area contributed by atoms with Gasteiger partial charge in [0, 0.05) is 36.3 Å². The Balaban J connectivity index is 1.75. The highest BCUT2D eigenvalue weighted by atomic mass is 19.1. The van der Waals surface area contributed by atoms with E-state index >= 15 is 0 Å². The molecule has 1 atom stereocenters. The Morgan fingerprint density at radius 3 is 2.88 bits per heavy atom. The van der Waals surface area contributed by atoms with E-state index < -0.39 is 0 Å². The molecule has 3 aromatic rings. The van der Waals surface area contributed by atoms with E-state index in [0.29, 0.717) is 12.1 Å². The van der Waals surface area contributed by atoms with Crippen LogP contribution in [0.15, 0.2) is 48.7 Å². The van der Waals surface area contributed by atoms with Crippen molar-refractivity contribution >= 4 is 16.8 Å². The van der Waals surface area contributed by atoms with Crippen LogP contribution in [0.2, 0.25) is 0 Å². The minimum Gasteiger partial charge on any atom is -0.351 e. The van der Waals surface area contributed by atoms with E-state index in [2.05, 4.69) is 0 Å². The summed E-state index contributed by atoms with van der Waals surface area (Å²) in [5.41, 5.74) is 3.79. The van der Waals surface area contributed by atoms with E-state index in [4.69, 9.17) is 0 Å². The number of aromatic nitrogens is 1. The molecule has 0 aliphatic carbocycles. The lowest BCUT2D eigenvalue weighted by atomic mass is 9.92. The number of carbonyl (C=O) groups excluding carboxylic acids is 1. The molecule has 1 amide bonds. The lowest BCUT2D eigenvalue weighted by molar-refractivity contribution is 0.0679. The van der Waals surface area contributed by atoms with Crippen molar-refractivity contribution in [2.24, 2.45) is 7.05 Å². The predicted molar refractivity (Wildman–Crippen MR) is 92.5 cm³/mol. The summed E-state index contributed by atoms with van der Waals surface area (Å²) in [7, 11) is 1.97. The van der Waals surface area contributed by atoms with Crippen molar-refractivity contribution in [1.82, 2.24) is 9.47 Å². The van der Waals surface area contributed by atoms with Gasteiger partial charge in [-0.1, -0.05) is 12.1 Å². The molecule has 0 N–H and O–H groups in total. The summed E-state index contributed by atoms with van der Waals surface area (Å²) in [5.74, 6) is -0.241. The summed E-state index contributed by atoms with van der Waals surface area (Å²) in [6.07, 6.45) is 2.72. The molecule has 2 heterocycles. The second-order valence-corrected chi connectivity index (χ2v) is 6.43. The topological polar surface area (TPSA) is 25.2 Å². The molecular formula is C20H19FN2O. The first kappa shape index (κ1) is 14.9. The van der Waals surface area contributed by atoms with Crippen LogP contribution in [0, 0.1) is 5.82 Å². The molecule has 1 unspecified atom stereocenters. The minimum atomic E-state index is -0.250. The zero-order valence-corrected chi connectivity index (χ0v) is 13.8. The van der Waals surface area contributed by atoms with Crippen LogP contribution < -0.4 is 0 Å². The van der Waals surface area contributed by atoms with Crippen LogP contribution >= 0.6 is 0 Å². The smallest absolute Gasteiger partial charge is 0.255 e. The van der Waals surface area contributed by atoms with Gasteiger partial charge in [0.15, 0.2) is 0 Å². The molecule has 4 rings (SSSR count). The second-order valence-electron chi connectivity index (χ2n) is 6.43. The number of halogens is 1. The van der Waals surface area contributed by atoms with Crippen molar-refractivity contribution in [3.05, 3.63) is 71.2 Å². The van der Waals surface area contributed by atoms with Crippen LogP contribution in [0.3, 0.4) is 0 Å². The van der Waals surface area contributed by atoms with Crippen LogP contribution in [-0.4, -0.2) is 21.9 Å². The van der Waals surface area contributed by atoms with E-state index in [1.807, 2.05) is 60.0 Å². The van der Waals surface area contributed by atoms with Gasteiger partial charge in [-0.15, -0.1) is 0 Å². The Morgan fingerprint density at radius 1 is 1.21 bits per heavy atom. The fourth-order valence-corrected chi connectivity index (χ4v) is 3.71. The normalized spacial score (nSPS) is 17.1. The van der Waals surface area contributed by atoms with Gasteiger partial charge < -0.3 is 9.47 Å². The Labute approximate surface area is 140 Å². The summed E-state index contributed by atoms with van der Waals surface area (Å²) >= 11 is 0. The van der Waals surface area contributed by atoms with Crippen molar-refractivity contribution in [2.75, 3.05) is 6.54 Å². The van der Waals surface area contributed by atoms with Crippen molar-refractivity contribution in [3.63, 3.8) is 0 Å². The predicted octanol–water partition coefficient (Wildman–Crippen LogP) is 4.08. The van der Waals surface area contributed by atoms with E-state index in [0.717, 1.165) is 28.5 Å². The Hall–Kier alpha value is -2.62. The van der Waals surface area contributed by atoms with E-state index in [1.165, 1.54) is 6.07 Å². The molecule has 1 aromatic heterocycles. The Morgan fingerprint density at radius 2 is 2.04 bits per heavy atom. The third kappa shape index (κ3) is 2.21. The molecule has 3 nitrogen and oxygen atoms in total. The van der Waals surface area contributed by atoms with Gasteiger partial charge in [-0.3, -0.25) is 4.79 Å². The molecule has 24 heavy (non-hydrogen) atoms. The maximum Gasteiger partial charge on any atom is 0.255 e. The van der Waals surface area contributed by atoms with Crippen LogP contribution in [0.4, 0.5) is 4.39 Å². The third-order valence-electron chi connectivity index (χ3n) is 5.07. The monoisotopic (exact) mass is 322 g/mol. The second kappa shape index (κ2) is 5.48. The average Bonchev–Trinajstić information content (AvgIpc) is 2.97. The molecule has 122 valence electrons. The molecule has 0 saturated heterocycles. The lowest BCUT2D eigenvalue weighted by Gasteiger charge is -2.35. The highest BCUT2D eigenvalue weighted by Gasteiger charge is 2.29. The summed E-state index contributed by atoms with van der Waals surface area (Å²) in [6, 6.07) is 12.5. The summed E-state index contributed by atoms with van der Waals surface area (Å²) in [5, 5.41) is 0.960. The van der Waals surface area contributed by atoms with E-state index in [1.54, 1.807) is 6.07 Å². The summed E-state index contributed by atoms with van der Waals surface area (Å²) < 4.78 is 15.6. The molecule has 1 aliphatic rings. The van der Waals surface area contributed by atoms with Gasteiger partial charge in [-0.2, -0.15) is 0 Å². The number of benzene rings is 2. The largest absolute Gasteiger partial charge is 0.351 e. The maximum absolute atomic E-state index is 13.6. The lowest BCUT2D eigenvalue weighted by Crippen LogP contribution is -2.39. The number of nitrogens with zero attached hydrogens (tertiary/aromatic N) is 2. The van der Waals surface area contributed by atoms with Crippen molar-refractivity contribution in [3.8, 4) is 0 Å².